The largest absolute Gasteiger partial charge is 0.508 e. The van der Waals surface area contributed by atoms with E-state index in [0.717, 1.165) is 41.6 Å². The molecule has 0 amide bonds. The second-order valence-electron chi connectivity index (χ2n) is 21.5. The minimum Gasteiger partial charge on any atom is -0.508 e. The fourth-order valence-corrected chi connectivity index (χ4v) is 18.7. The number of aliphatic hydroxyl groups excluding tert-OH is 1. The molecule has 1 fully saturated rings. The predicted molar refractivity (Wildman–Crippen MR) is 382 cm³/mol. The van der Waals surface area contributed by atoms with Crippen molar-refractivity contribution in [2.75, 3.05) is 56.1 Å². The molecular formula is C72H80Br2Cl4N5O3P. The van der Waals surface area contributed by atoms with Crippen LogP contribution in [0.1, 0.15) is 69.0 Å². The zero-order valence-corrected chi connectivity index (χ0v) is 57.1. The van der Waals surface area contributed by atoms with E-state index in [0.29, 0.717) is 28.2 Å². The van der Waals surface area contributed by atoms with Crippen molar-refractivity contribution < 1.29 is 15.3 Å². The van der Waals surface area contributed by atoms with E-state index < -0.39 is 4.01 Å². The van der Waals surface area contributed by atoms with Gasteiger partial charge in [0, 0.05) is 67.0 Å². The Labute approximate surface area is 552 Å². The summed E-state index contributed by atoms with van der Waals surface area (Å²) in [6, 6.07) is 78.6. The summed E-state index contributed by atoms with van der Waals surface area (Å²) < 4.78 is -2.75. The number of hydrogen-bond acceptors (Lipinski definition) is 8. The van der Waals surface area contributed by atoms with Gasteiger partial charge in [-0.1, -0.05) is 152 Å². The van der Waals surface area contributed by atoms with Gasteiger partial charge in [-0.25, -0.2) is 0 Å². The standard InChI is InChI=1S/C24H26Cl2N2O2.C24H24Cl2N2O.C18H15Br2P.C6H15N/c1-17(16-29)28(14-18-5-3-2-4-6-18)15-24(19-7-9-20(25)10-8-19)27-23-12-11-21(30)13-22(23)26;1-17-14-27(15-18-5-3-2-4-6-18)16-24(19-7-9-20(25)10-8-19)28(17)23-12-11-21(29)13-22(23)26;19-21(20,16-10-4-1-5-11-16,17-12-6-2-7-13-17)18-14-8-3-9-15-18;1-4-7(5-2)6-3/h2-13,17,24,27,29-30H,14-16H2,1H3;2-13,17,24,29H,14-16H2,1H3;1-15H;4-6H2,1-3H3/t2*17-,24-;;/m00../s1. The molecule has 10 rings (SSSR count). The molecule has 0 spiro atoms. The summed E-state index contributed by atoms with van der Waals surface area (Å²) in [5, 5.41) is 39.0. The molecule has 0 aliphatic carbocycles. The van der Waals surface area contributed by atoms with Gasteiger partial charge in [-0.15, -0.1) is 0 Å². The second kappa shape index (κ2) is 34.0. The van der Waals surface area contributed by atoms with Gasteiger partial charge in [-0.2, -0.15) is 0 Å². The van der Waals surface area contributed by atoms with Crippen molar-refractivity contribution in [3.05, 3.63) is 279 Å². The van der Waals surface area contributed by atoms with E-state index in [2.05, 4.69) is 223 Å². The first-order valence-corrected chi connectivity index (χ1v) is 37.2. The van der Waals surface area contributed by atoms with Crippen LogP contribution in [0.2, 0.25) is 20.1 Å². The van der Waals surface area contributed by atoms with Crippen molar-refractivity contribution in [2.24, 2.45) is 0 Å². The molecule has 0 saturated carbocycles. The number of aliphatic hydroxyl groups is 1. The Bertz CT molecular complexity index is 3350. The third-order valence-electron chi connectivity index (χ3n) is 15.5. The molecular weight excluding hydrogens is 1320 g/mol. The van der Waals surface area contributed by atoms with Crippen LogP contribution < -0.4 is 26.1 Å². The number of piperazine rings is 1. The topological polar surface area (TPSA) is 85.7 Å². The zero-order chi connectivity index (χ0) is 62.4. The Morgan fingerprint density at radius 2 is 1.01 bits per heavy atom. The normalized spacial score (nSPS) is 15.3. The van der Waals surface area contributed by atoms with Gasteiger partial charge in [0.1, 0.15) is 11.5 Å². The summed E-state index contributed by atoms with van der Waals surface area (Å²) in [5.41, 5.74) is 6.40. The van der Waals surface area contributed by atoms with E-state index in [-0.39, 0.29) is 42.3 Å². The Kier molecular flexibility index (Phi) is 26.9. The van der Waals surface area contributed by atoms with E-state index in [9.17, 15) is 15.3 Å². The molecule has 8 nitrogen and oxygen atoms in total. The number of aromatic hydroxyl groups is 2. The van der Waals surface area contributed by atoms with Crippen LogP contribution in [0.25, 0.3) is 0 Å². The first kappa shape index (κ1) is 69.1. The molecule has 15 heteroatoms. The van der Waals surface area contributed by atoms with Crippen LogP contribution in [-0.4, -0.2) is 88.0 Å². The number of phenolic OH excluding ortho intramolecular Hbond substituents is 2. The van der Waals surface area contributed by atoms with Gasteiger partial charge in [0.15, 0.2) is 0 Å². The fourth-order valence-electron chi connectivity index (χ4n) is 10.7. The van der Waals surface area contributed by atoms with Crippen molar-refractivity contribution >= 4 is 109 Å². The first-order valence-electron chi connectivity index (χ1n) is 29.5. The van der Waals surface area contributed by atoms with Crippen LogP contribution in [0, 0.1) is 0 Å². The summed E-state index contributed by atoms with van der Waals surface area (Å²) in [5.74, 6) is 0.297. The Morgan fingerprint density at radius 1 is 0.563 bits per heavy atom. The summed E-state index contributed by atoms with van der Waals surface area (Å²) in [6.07, 6.45) is 0. The third kappa shape index (κ3) is 19.3. The summed E-state index contributed by atoms with van der Waals surface area (Å²) in [7, 11) is 0. The third-order valence-corrected chi connectivity index (χ3v) is 27.6. The van der Waals surface area contributed by atoms with Gasteiger partial charge < -0.3 is 30.4 Å². The second-order valence-corrected chi connectivity index (χ2v) is 37.9. The summed E-state index contributed by atoms with van der Waals surface area (Å²) in [6.45, 7) is 18.5. The van der Waals surface area contributed by atoms with Crippen LogP contribution in [-0.2, 0) is 13.1 Å². The van der Waals surface area contributed by atoms with Crippen LogP contribution in [0.4, 0.5) is 11.4 Å². The molecule has 1 aliphatic rings. The van der Waals surface area contributed by atoms with Gasteiger partial charge in [0.2, 0.25) is 0 Å². The number of hydrogen-bond donors (Lipinski definition) is 4. The summed E-state index contributed by atoms with van der Waals surface area (Å²) in [4.78, 5) is 9.46. The van der Waals surface area contributed by atoms with Crippen LogP contribution in [0.3, 0.4) is 0 Å². The van der Waals surface area contributed by atoms with Gasteiger partial charge in [0.05, 0.1) is 40.1 Å². The molecule has 9 aromatic carbocycles. The Hall–Kier alpha value is -5.43. The number of phenols is 2. The minimum atomic E-state index is -2.75. The molecule has 9 aromatic rings. The van der Waals surface area contributed by atoms with Crippen molar-refractivity contribution in [3.8, 4) is 11.5 Å². The van der Waals surface area contributed by atoms with Crippen LogP contribution in [0.15, 0.2) is 237 Å². The average molecular weight is 1400 g/mol. The zero-order valence-electron chi connectivity index (χ0n) is 50.0. The van der Waals surface area contributed by atoms with E-state index in [1.165, 1.54) is 58.3 Å². The maximum absolute atomic E-state index is 9.84. The van der Waals surface area contributed by atoms with E-state index in [1.54, 1.807) is 24.3 Å². The van der Waals surface area contributed by atoms with E-state index >= 15 is 0 Å². The van der Waals surface area contributed by atoms with Crippen molar-refractivity contribution in [1.82, 2.24) is 14.7 Å². The maximum Gasteiger partial charge on any atom is 0.117 e. The fraction of sp³-hybridized carbons (Fsp3) is 0.250. The molecule has 0 radical (unpaired) electrons. The number of benzene rings is 9. The molecule has 4 atom stereocenters. The Balaban J connectivity index is 0.000000179. The molecule has 0 aromatic heterocycles. The quantitative estimate of drug-likeness (QED) is 0.0471. The van der Waals surface area contributed by atoms with Gasteiger partial charge in [-0.3, -0.25) is 9.80 Å². The predicted octanol–water partition coefficient (Wildman–Crippen LogP) is 18.4. The van der Waals surface area contributed by atoms with Crippen LogP contribution >= 0.6 is 81.4 Å². The molecule has 87 heavy (non-hydrogen) atoms. The van der Waals surface area contributed by atoms with Gasteiger partial charge >= 0.3 is 142 Å². The molecule has 458 valence electrons. The van der Waals surface area contributed by atoms with Crippen LogP contribution in [0.5, 0.6) is 11.5 Å². The van der Waals surface area contributed by atoms with Crippen molar-refractivity contribution in [3.63, 3.8) is 0 Å². The van der Waals surface area contributed by atoms with Gasteiger partial charge in [0.25, 0.3) is 0 Å². The molecule has 1 heterocycles. The van der Waals surface area contributed by atoms with Crippen molar-refractivity contribution in [1.29, 1.82) is 0 Å². The molecule has 0 bridgehead atoms. The monoisotopic (exact) mass is 1390 g/mol. The van der Waals surface area contributed by atoms with E-state index in [4.69, 9.17) is 46.4 Å². The number of rotatable bonds is 19. The van der Waals surface area contributed by atoms with E-state index in [1.807, 2.05) is 73.7 Å². The molecule has 1 aliphatic heterocycles. The average Bonchev–Trinajstić information content (AvgIpc) is 0.987. The smallest absolute Gasteiger partial charge is 0.117 e. The number of anilines is 2. The maximum atomic E-state index is 9.84. The molecule has 4 N–H and O–H groups in total. The molecule has 0 unspecified atom stereocenters. The first-order chi connectivity index (χ1) is 41.9. The number of nitrogens with one attached hydrogen (secondary N) is 1. The van der Waals surface area contributed by atoms with Crippen molar-refractivity contribution in [2.45, 2.75) is 71.9 Å². The minimum absolute atomic E-state index is 0.0305. The molecule has 1 saturated heterocycles. The summed E-state index contributed by atoms with van der Waals surface area (Å²) >= 11 is 33.4. The van der Waals surface area contributed by atoms with Gasteiger partial charge in [-0.05, 0) is 104 Å². The number of nitrogens with zero attached hydrogens (tertiary/aromatic N) is 4. The Morgan fingerprint density at radius 3 is 1.46 bits per heavy atom. The SMILES string of the molecule is BrP(Br)(c1ccccc1)(c1ccccc1)c1ccccc1.CCN(CC)CC.C[C@@H](CO)N(Cc1ccccc1)C[C@H](Nc1ccc(O)cc1Cl)c1ccc(Cl)cc1.C[C@H]1CN(Cc2ccccc2)C[C@@H](c2ccc(Cl)cc2)N1c1ccc(O)cc1Cl. The number of halogens is 6.